The molecule has 7 heteroatoms. The molecule has 1 atom stereocenters. The second-order valence-electron chi connectivity index (χ2n) is 9.29. The number of ether oxygens (including phenoxy) is 2. The number of hydrogen-bond acceptors (Lipinski definition) is 5. The minimum absolute atomic E-state index is 0.0759. The Bertz CT molecular complexity index is 1000. The fourth-order valence-electron chi connectivity index (χ4n) is 4.85. The number of morpholine rings is 1. The monoisotopic (exact) mass is 465 g/mol. The van der Waals surface area contributed by atoms with Gasteiger partial charge < -0.3 is 20.1 Å². The normalized spacial score (nSPS) is 22.0. The molecule has 2 aliphatic heterocycles. The Labute approximate surface area is 201 Å². The maximum atomic E-state index is 13.2. The van der Waals surface area contributed by atoms with E-state index >= 15 is 0 Å². The number of benzene rings is 2. The molecular formula is C27H35N3O4. The van der Waals surface area contributed by atoms with E-state index in [1.807, 2.05) is 55.1 Å². The van der Waals surface area contributed by atoms with E-state index < -0.39 is 5.60 Å². The number of aryl methyl sites for hydroxylation is 3. The van der Waals surface area contributed by atoms with Crippen LogP contribution in [-0.4, -0.2) is 61.7 Å². The standard InChI is InChI=1S/C27H35N3O4/c1-20-8-7-9-21(2)25(20)29-24(31)18-30-15-17-34-27(19-30)13-6-5-11-22-10-3-4-12-23(22)33-16-14-28-26(27)32/h3-4,7-10,12H,5-6,11,13-19H2,1-2H3,(H,28,32)(H,29,31). The quantitative estimate of drug-likeness (QED) is 0.728. The van der Waals surface area contributed by atoms with Crippen LogP contribution < -0.4 is 15.4 Å². The molecule has 0 aliphatic carbocycles. The SMILES string of the molecule is Cc1cccc(C)c1NC(=O)CN1CCOC2(CCCCc3ccccc3OCCNC2=O)C1. The second-order valence-corrected chi connectivity index (χ2v) is 9.29. The lowest BCUT2D eigenvalue weighted by molar-refractivity contribution is -0.163. The molecule has 182 valence electrons. The van der Waals surface area contributed by atoms with Gasteiger partial charge >= 0.3 is 0 Å². The molecule has 0 saturated carbocycles. The minimum Gasteiger partial charge on any atom is -0.491 e. The number of nitrogens with one attached hydrogen (secondary N) is 2. The van der Waals surface area contributed by atoms with Gasteiger partial charge in [0.05, 0.1) is 19.7 Å². The predicted molar refractivity (Wildman–Crippen MR) is 132 cm³/mol. The first-order chi connectivity index (χ1) is 16.5. The van der Waals surface area contributed by atoms with Gasteiger partial charge in [0, 0.05) is 18.8 Å². The maximum absolute atomic E-state index is 13.2. The van der Waals surface area contributed by atoms with E-state index in [9.17, 15) is 9.59 Å². The second kappa shape index (κ2) is 11.0. The summed E-state index contributed by atoms with van der Waals surface area (Å²) in [7, 11) is 0. The van der Waals surface area contributed by atoms with E-state index in [-0.39, 0.29) is 18.4 Å². The van der Waals surface area contributed by atoms with Crippen LogP contribution in [0.25, 0.3) is 0 Å². The Morgan fingerprint density at radius 3 is 2.71 bits per heavy atom. The van der Waals surface area contributed by atoms with E-state index in [0.29, 0.717) is 39.3 Å². The Balaban J connectivity index is 1.41. The number of fused-ring (bicyclic) bond motifs is 1. The first-order valence-electron chi connectivity index (χ1n) is 12.2. The highest BCUT2D eigenvalue weighted by atomic mass is 16.5. The molecule has 7 nitrogen and oxygen atoms in total. The van der Waals surface area contributed by atoms with Gasteiger partial charge in [0.25, 0.3) is 5.91 Å². The Hall–Kier alpha value is -2.90. The molecule has 2 amide bonds. The van der Waals surface area contributed by atoms with Crippen molar-refractivity contribution in [2.75, 3.05) is 44.7 Å². The minimum atomic E-state index is -0.949. The first kappa shape index (κ1) is 24.2. The molecule has 2 aliphatic rings. The van der Waals surface area contributed by atoms with Crippen LogP contribution in [0.1, 0.15) is 36.0 Å². The molecule has 2 aromatic carbocycles. The summed E-state index contributed by atoms with van der Waals surface area (Å²) in [6.07, 6.45) is 3.31. The summed E-state index contributed by atoms with van der Waals surface area (Å²) >= 11 is 0. The lowest BCUT2D eigenvalue weighted by atomic mass is 9.91. The van der Waals surface area contributed by atoms with Crippen LogP contribution in [0, 0.1) is 13.8 Å². The summed E-state index contributed by atoms with van der Waals surface area (Å²) in [4.78, 5) is 28.1. The third-order valence-electron chi connectivity index (χ3n) is 6.69. The van der Waals surface area contributed by atoms with Gasteiger partial charge in [0.1, 0.15) is 12.4 Å². The van der Waals surface area contributed by atoms with E-state index in [2.05, 4.69) is 16.7 Å². The van der Waals surface area contributed by atoms with Gasteiger partial charge in [0.15, 0.2) is 5.60 Å². The molecule has 0 bridgehead atoms. The molecule has 2 heterocycles. The molecule has 2 aromatic rings. The van der Waals surface area contributed by atoms with Crippen LogP contribution in [0.4, 0.5) is 5.69 Å². The molecule has 4 rings (SSSR count). The van der Waals surface area contributed by atoms with Gasteiger partial charge in [-0.2, -0.15) is 0 Å². The summed E-state index contributed by atoms with van der Waals surface area (Å²) in [5, 5.41) is 6.06. The number of nitrogens with zero attached hydrogens (tertiary/aromatic N) is 1. The summed E-state index contributed by atoms with van der Waals surface area (Å²) in [6, 6.07) is 14.0. The summed E-state index contributed by atoms with van der Waals surface area (Å²) < 4.78 is 12.0. The van der Waals surface area contributed by atoms with Gasteiger partial charge in [-0.15, -0.1) is 0 Å². The molecule has 0 radical (unpaired) electrons. The molecule has 2 N–H and O–H groups in total. The fraction of sp³-hybridized carbons (Fsp3) is 0.481. The lowest BCUT2D eigenvalue weighted by Gasteiger charge is -2.41. The highest BCUT2D eigenvalue weighted by molar-refractivity contribution is 5.94. The van der Waals surface area contributed by atoms with Crippen molar-refractivity contribution in [3.05, 3.63) is 59.2 Å². The van der Waals surface area contributed by atoms with Crippen molar-refractivity contribution in [2.24, 2.45) is 0 Å². The largest absolute Gasteiger partial charge is 0.491 e. The van der Waals surface area contributed by atoms with Crippen molar-refractivity contribution in [2.45, 2.75) is 45.1 Å². The van der Waals surface area contributed by atoms with Gasteiger partial charge in [0.2, 0.25) is 5.91 Å². The van der Waals surface area contributed by atoms with Crippen molar-refractivity contribution < 1.29 is 19.1 Å². The zero-order valence-electron chi connectivity index (χ0n) is 20.2. The molecule has 34 heavy (non-hydrogen) atoms. The summed E-state index contributed by atoms with van der Waals surface area (Å²) in [5.74, 6) is 0.694. The zero-order chi connectivity index (χ0) is 24.0. The van der Waals surface area contributed by atoms with E-state index in [1.165, 1.54) is 5.56 Å². The van der Waals surface area contributed by atoms with E-state index in [4.69, 9.17) is 9.47 Å². The highest BCUT2D eigenvalue weighted by Crippen LogP contribution is 2.28. The van der Waals surface area contributed by atoms with E-state index in [0.717, 1.165) is 41.8 Å². The number of carbonyl (C=O) groups is 2. The molecule has 1 spiro atoms. The molecule has 1 unspecified atom stereocenters. The van der Waals surface area contributed by atoms with Crippen molar-refractivity contribution in [1.82, 2.24) is 10.2 Å². The van der Waals surface area contributed by atoms with Crippen molar-refractivity contribution in [1.29, 1.82) is 0 Å². The van der Waals surface area contributed by atoms with Crippen molar-refractivity contribution >= 4 is 17.5 Å². The van der Waals surface area contributed by atoms with Crippen LogP contribution in [-0.2, 0) is 20.7 Å². The van der Waals surface area contributed by atoms with Crippen molar-refractivity contribution in [3.63, 3.8) is 0 Å². The first-order valence-corrected chi connectivity index (χ1v) is 12.2. The molecule has 1 saturated heterocycles. The van der Waals surface area contributed by atoms with Gasteiger partial charge in [-0.05, 0) is 62.3 Å². The summed E-state index contributed by atoms with van der Waals surface area (Å²) in [5.41, 5.74) is 3.18. The third-order valence-corrected chi connectivity index (χ3v) is 6.69. The van der Waals surface area contributed by atoms with E-state index in [1.54, 1.807) is 0 Å². The van der Waals surface area contributed by atoms with Crippen LogP contribution in [0.5, 0.6) is 5.75 Å². The van der Waals surface area contributed by atoms with Crippen molar-refractivity contribution in [3.8, 4) is 5.75 Å². The number of carbonyl (C=O) groups excluding carboxylic acids is 2. The topological polar surface area (TPSA) is 79.9 Å². The van der Waals surface area contributed by atoms with Gasteiger partial charge in [-0.25, -0.2) is 0 Å². The molecular weight excluding hydrogens is 430 g/mol. The van der Waals surface area contributed by atoms with Crippen LogP contribution >= 0.6 is 0 Å². The van der Waals surface area contributed by atoms with Gasteiger partial charge in [-0.1, -0.05) is 36.4 Å². The summed E-state index contributed by atoms with van der Waals surface area (Å²) in [6.45, 7) is 6.45. The number of para-hydroxylation sites is 2. The van der Waals surface area contributed by atoms with Crippen LogP contribution in [0.15, 0.2) is 42.5 Å². The number of anilines is 1. The molecule has 1 fully saturated rings. The zero-order valence-corrected chi connectivity index (χ0v) is 20.2. The lowest BCUT2D eigenvalue weighted by Crippen LogP contribution is -2.61. The number of rotatable bonds is 3. The fourth-order valence-corrected chi connectivity index (χ4v) is 4.85. The van der Waals surface area contributed by atoms with Crippen LogP contribution in [0.2, 0.25) is 0 Å². The smallest absolute Gasteiger partial charge is 0.253 e. The predicted octanol–water partition coefficient (Wildman–Crippen LogP) is 3.23. The number of hydrogen-bond donors (Lipinski definition) is 2. The van der Waals surface area contributed by atoms with Crippen LogP contribution in [0.3, 0.4) is 0 Å². The Morgan fingerprint density at radius 1 is 1.09 bits per heavy atom. The number of amides is 2. The Morgan fingerprint density at radius 2 is 1.88 bits per heavy atom. The maximum Gasteiger partial charge on any atom is 0.253 e. The highest BCUT2D eigenvalue weighted by Gasteiger charge is 2.43. The average molecular weight is 466 g/mol. The van der Waals surface area contributed by atoms with Gasteiger partial charge in [-0.3, -0.25) is 14.5 Å². The molecule has 0 aromatic heterocycles. The average Bonchev–Trinajstić information content (AvgIpc) is 2.82. The Kier molecular flexibility index (Phi) is 7.85. The third kappa shape index (κ3) is 5.77.